The summed E-state index contributed by atoms with van der Waals surface area (Å²) in [5.41, 5.74) is 1.57. The average Bonchev–Trinajstić information content (AvgIpc) is 3.31. The zero-order valence-corrected chi connectivity index (χ0v) is 17.6. The van der Waals surface area contributed by atoms with Crippen molar-refractivity contribution in [3.63, 3.8) is 0 Å². The van der Waals surface area contributed by atoms with E-state index in [1.54, 1.807) is 19.1 Å². The van der Waals surface area contributed by atoms with E-state index in [0.29, 0.717) is 35.6 Å². The van der Waals surface area contributed by atoms with E-state index in [1.807, 2.05) is 0 Å². The number of nitrogens with one attached hydrogen (secondary N) is 1. The molecule has 4 rings (SSSR count). The monoisotopic (exact) mass is 418 g/mol. The molecule has 1 aromatic heterocycles. The Balaban J connectivity index is 1.44. The molecule has 7 heteroatoms. The van der Waals surface area contributed by atoms with Gasteiger partial charge in [0.2, 0.25) is 0 Å². The highest BCUT2D eigenvalue weighted by Crippen LogP contribution is 2.29. The lowest BCUT2D eigenvalue weighted by Gasteiger charge is -2.35. The van der Waals surface area contributed by atoms with Crippen molar-refractivity contribution in [2.45, 2.75) is 64.0 Å². The van der Waals surface area contributed by atoms with Gasteiger partial charge in [0.25, 0.3) is 5.91 Å². The Morgan fingerprint density at radius 2 is 1.90 bits per heavy atom. The number of benzene rings is 1. The van der Waals surface area contributed by atoms with Gasteiger partial charge >= 0.3 is 0 Å². The number of hydrogen-bond donors (Lipinski definition) is 1. The smallest absolute Gasteiger partial charge is 0.256 e. The maximum atomic E-state index is 13.2. The highest BCUT2D eigenvalue weighted by Gasteiger charge is 2.32. The largest absolute Gasteiger partial charge is 0.350 e. The first kappa shape index (κ1) is 20.4. The van der Waals surface area contributed by atoms with Gasteiger partial charge in [0.15, 0.2) is 0 Å². The number of amides is 1. The van der Waals surface area contributed by atoms with Gasteiger partial charge in [-0.2, -0.15) is 5.10 Å². The van der Waals surface area contributed by atoms with Crippen LogP contribution in [0.4, 0.5) is 4.39 Å². The van der Waals surface area contributed by atoms with Gasteiger partial charge in [-0.25, -0.2) is 9.07 Å². The molecule has 156 valence electrons. The first-order chi connectivity index (χ1) is 14.0. The minimum absolute atomic E-state index is 0.198. The molecule has 1 N–H and O–H groups in total. The third kappa shape index (κ3) is 4.33. The average molecular weight is 419 g/mol. The summed E-state index contributed by atoms with van der Waals surface area (Å²) in [6.07, 6.45) is 8.86. The second-order valence-corrected chi connectivity index (χ2v) is 8.53. The third-order valence-corrected chi connectivity index (χ3v) is 6.62. The van der Waals surface area contributed by atoms with Crippen LogP contribution in [0, 0.1) is 12.7 Å². The zero-order chi connectivity index (χ0) is 20.4. The summed E-state index contributed by atoms with van der Waals surface area (Å²) in [4.78, 5) is 15.5. The highest BCUT2D eigenvalue weighted by molar-refractivity contribution is 6.33. The topological polar surface area (TPSA) is 50.2 Å². The number of halogens is 2. The molecule has 1 saturated heterocycles. The Morgan fingerprint density at radius 3 is 2.62 bits per heavy atom. The van der Waals surface area contributed by atoms with E-state index < -0.39 is 0 Å². The summed E-state index contributed by atoms with van der Waals surface area (Å²) in [5, 5.41) is 7.73. The van der Waals surface area contributed by atoms with Gasteiger partial charge in [0.05, 0.1) is 16.9 Å². The minimum atomic E-state index is -0.328. The Bertz CT molecular complexity index is 860. The van der Waals surface area contributed by atoms with Gasteiger partial charge in [-0.1, -0.05) is 30.9 Å². The van der Waals surface area contributed by atoms with E-state index in [2.05, 4.69) is 15.3 Å². The van der Waals surface area contributed by atoms with Crippen molar-refractivity contribution in [2.75, 3.05) is 13.1 Å². The van der Waals surface area contributed by atoms with Crippen molar-refractivity contribution in [2.24, 2.45) is 0 Å². The number of rotatable bonds is 5. The Labute approximate surface area is 176 Å². The van der Waals surface area contributed by atoms with Crippen LogP contribution in [0.15, 0.2) is 24.3 Å². The van der Waals surface area contributed by atoms with Crippen LogP contribution in [0.3, 0.4) is 0 Å². The van der Waals surface area contributed by atoms with E-state index >= 15 is 0 Å². The molecule has 1 aliphatic heterocycles. The predicted octanol–water partition coefficient (Wildman–Crippen LogP) is 4.50. The van der Waals surface area contributed by atoms with Crippen LogP contribution in [0.2, 0.25) is 5.15 Å². The van der Waals surface area contributed by atoms with E-state index in [9.17, 15) is 9.18 Å². The molecule has 0 spiro atoms. The molecule has 1 aromatic carbocycles. The molecule has 2 heterocycles. The fourth-order valence-electron chi connectivity index (χ4n) is 4.78. The Kier molecular flexibility index (Phi) is 6.20. The van der Waals surface area contributed by atoms with Crippen LogP contribution in [0.25, 0.3) is 5.69 Å². The van der Waals surface area contributed by atoms with Crippen molar-refractivity contribution < 1.29 is 9.18 Å². The molecule has 0 radical (unpaired) electrons. The number of aryl methyl sites for hydroxylation is 1. The first-order valence-corrected chi connectivity index (χ1v) is 11.0. The summed E-state index contributed by atoms with van der Waals surface area (Å²) >= 11 is 6.48. The summed E-state index contributed by atoms with van der Waals surface area (Å²) in [6.45, 7) is 3.53. The molecule has 1 atom stereocenters. The Morgan fingerprint density at radius 1 is 1.17 bits per heavy atom. The molecule has 1 aliphatic carbocycles. The lowest BCUT2D eigenvalue weighted by atomic mass is 9.94. The molecule has 2 aromatic rings. The molecular formula is C22H28ClFN4O. The van der Waals surface area contributed by atoms with Gasteiger partial charge in [0.1, 0.15) is 11.0 Å². The predicted molar refractivity (Wildman–Crippen MR) is 112 cm³/mol. The summed E-state index contributed by atoms with van der Waals surface area (Å²) in [7, 11) is 0. The molecule has 29 heavy (non-hydrogen) atoms. The van der Waals surface area contributed by atoms with Gasteiger partial charge in [0, 0.05) is 18.6 Å². The van der Waals surface area contributed by atoms with E-state index in [0.717, 1.165) is 13.0 Å². The number of hydrogen-bond acceptors (Lipinski definition) is 3. The van der Waals surface area contributed by atoms with Crippen LogP contribution in [0.1, 0.15) is 61.0 Å². The second kappa shape index (κ2) is 8.84. The maximum absolute atomic E-state index is 13.2. The molecule has 1 amide bonds. The normalized spacial score (nSPS) is 20.9. The van der Waals surface area contributed by atoms with E-state index in [-0.39, 0.29) is 16.9 Å². The van der Waals surface area contributed by atoms with Gasteiger partial charge in [-0.15, -0.1) is 0 Å². The number of carbonyl (C=O) groups excluding carboxylic acids is 1. The van der Waals surface area contributed by atoms with Gasteiger partial charge < -0.3 is 5.32 Å². The van der Waals surface area contributed by atoms with E-state index in [4.69, 9.17) is 11.6 Å². The fourth-order valence-corrected chi connectivity index (χ4v) is 5.14. The zero-order valence-electron chi connectivity index (χ0n) is 16.8. The standard InChI is InChI=1S/C22H28ClFN4O/c1-15-20(21(23)28(26-15)18-11-9-16(24)10-12-18)22(29)25-14-19-8-5-13-27(19)17-6-3-2-4-7-17/h9-12,17,19H,2-8,13-14H2,1H3,(H,25,29)/t19-/m0/s1. The van der Waals surface area contributed by atoms with Crippen LogP contribution >= 0.6 is 11.6 Å². The van der Waals surface area contributed by atoms with Crippen molar-refractivity contribution in [1.82, 2.24) is 20.0 Å². The lowest BCUT2D eigenvalue weighted by molar-refractivity contribution is 0.0920. The van der Waals surface area contributed by atoms with Crippen LogP contribution in [-0.2, 0) is 0 Å². The summed E-state index contributed by atoms with van der Waals surface area (Å²) in [5.74, 6) is -0.526. The highest BCUT2D eigenvalue weighted by atomic mass is 35.5. The van der Waals surface area contributed by atoms with Crippen LogP contribution in [-0.4, -0.2) is 45.8 Å². The third-order valence-electron chi connectivity index (χ3n) is 6.27. The number of likely N-dealkylation sites (tertiary alicyclic amines) is 1. The number of aromatic nitrogens is 2. The molecule has 0 bridgehead atoms. The number of carbonyl (C=O) groups is 1. The quantitative estimate of drug-likeness (QED) is 0.777. The van der Waals surface area contributed by atoms with Crippen molar-refractivity contribution >= 4 is 17.5 Å². The van der Waals surface area contributed by atoms with Gasteiger partial charge in [-0.3, -0.25) is 9.69 Å². The maximum Gasteiger partial charge on any atom is 0.256 e. The lowest BCUT2D eigenvalue weighted by Crippen LogP contribution is -2.45. The van der Waals surface area contributed by atoms with Crippen LogP contribution in [0.5, 0.6) is 0 Å². The van der Waals surface area contributed by atoms with Crippen molar-refractivity contribution in [1.29, 1.82) is 0 Å². The molecule has 2 aliphatic rings. The fraction of sp³-hybridized carbons (Fsp3) is 0.545. The molecule has 1 saturated carbocycles. The minimum Gasteiger partial charge on any atom is -0.350 e. The first-order valence-electron chi connectivity index (χ1n) is 10.6. The van der Waals surface area contributed by atoms with Crippen molar-refractivity contribution in [3.05, 3.63) is 46.5 Å². The molecular weight excluding hydrogens is 391 g/mol. The van der Waals surface area contributed by atoms with E-state index in [1.165, 1.54) is 55.3 Å². The van der Waals surface area contributed by atoms with Crippen molar-refractivity contribution in [3.8, 4) is 5.69 Å². The summed E-state index contributed by atoms with van der Waals surface area (Å²) < 4.78 is 14.7. The SMILES string of the molecule is Cc1nn(-c2ccc(F)cc2)c(Cl)c1C(=O)NC[C@@H]1CCCN1C1CCCCC1. The molecule has 5 nitrogen and oxygen atoms in total. The second-order valence-electron chi connectivity index (χ2n) is 8.18. The summed E-state index contributed by atoms with van der Waals surface area (Å²) in [6, 6.07) is 6.95. The number of nitrogens with zero attached hydrogens (tertiary/aromatic N) is 3. The van der Waals surface area contributed by atoms with Gasteiger partial charge in [-0.05, 0) is 63.4 Å². The molecule has 2 fully saturated rings. The Hall–Kier alpha value is -1.92. The van der Waals surface area contributed by atoms with Crippen LogP contribution < -0.4 is 5.32 Å². The molecule has 0 unspecified atom stereocenters.